The van der Waals surface area contributed by atoms with E-state index >= 15 is 0 Å². The molecule has 0 aromatic carbocycles. The molecule has 1 unspecified atom stereocenters. The lowest BCUT2D eigenvalue weighted by Gasteiger charge is -2.19. The third-order valence-electron chi connectivity index (χ3n) is 1.96. The van der Waals surface area contributed by atoms with Crippen molar-refractivity contribution >= 4 is 5.97 Å². The van der Waals surface area contributed by atoms with Gasteiger partial charge in [-0.3, -0.25) is 4.79 Å². The summed E-state index contributed by atoms with van der Waals surface area (Å²) in [5.41, 5.74) is 0. The Kier molecular flexibility index (Phi) is 4.08. The van der Waals surface area contributed by atoms with E-state index < -0.39 is 0 Å². The van der Waals surface area contributed by atoms with Crippen LogP contribution in [-0.4, -0.2) is 25.2 Å². The predicted octanol–water partition coefficient (Wildman–Crippen LogP) is 1.10. The Morgan fingerprint density at radius 2 is 2.42 bits per heavy atom. The van der Waals surface area contributed by atoms with Crippen LogP contribution in [0.15, 0.2) is 0 Å². The highest BCUT2D eigenvalue weighted by Crippen LogP contribution is 2.09. The van der Waals surface area contributed by atoms with Crippen LogP contribution in [0.3, 0.4) is 0 Å². The van der Waals surface area contributed by atoms with Crippen molar-refractivity contribution in [2.75, 3.05) is 13.2 Å². The molecule has 0 bridgehead atoms. The maximum absolute atomic E-state index is 11.2. The van der Waals surface area contributed by atoms with Crippen molar-refractivity contribution in [3.63, 3.8) is 0 Å². The summed E-state index contributed by atoms with van der Waals surface area (Å²) in [7, 11) is 0. The lowest BCUT2D eigenvalue weighted by atomic mass is 10.1. The molecule has 0 aliphatic carbocycles. The predicted molar refractivity (Wildman–Crippen MR) is 45.9 cm³/mol. The van der Waals surface area contributed by atoms with Gasteiger partial charge in [0.05, 0.1) is 6.61 Å². The number of rotatable bonds is 3. The Morgan fingerprint density at radius 3 is 3.00 bits per heavy atom. The zero-order valence-electron chi connectivity index (χ0n) is 7.58. The summed E-state index contributed by atoms with van der Waals surface area (Å²) in [6.07, 6.45) is 3.99. The van der Waals surface area contributed by atoms with Crippen molar-refractivity contribution < 1.29 is 9.53 Å². The molecular formula is C9H16NO2. The van der Waals surface area contributed by atoms with Crippen LogP contribution in [0, 0.1) is 0 Å². The minimum atomic E-state index is -0.162. The van der Waals surface area contributed by atoms with Gasteiger partial charge in [-0.05, 0) is 25.7 Å². The van der Waals surface area contributed by atoms with Gasteiger partial charge in [-0.1, -0.05) is 6.92 Å². The summed E-state index contributed by atoms with van der Waals surface area (Å²) < 4.78 is 5.00. The maximum Gasteiger partial charge on any atom is 0.324 e. The van der Waals surface area contributed by atoms with Crippen LogP contribution in [0.4, 0.5) is 0 Å². The van der Waals surface area contributed by atoms with Crippen LogP contribution in [0.25, 0.3) is 0 Å². The zero-order chi connectivity index (χ0) is 8.81. The zero-order valence-corrected chi connectivity index (χ0v) is 7.58. The molecule has 0 saturated carbocycles. The van der Waals surface area contributed by atoms with Gasteiger partial charge in [-0.25, -0.2) is 5.32 Å². The molecule has 1 atom stereocenters. The van der Waals surface area contributed by atoms with E-state index in [4.69, 9.17) is 4.74 Å². The summed E-state index contributed by atoms with van der Waals surface area (Å²) in [4.78, 5) is 11.2. The number of carbonyl (C=O) groups excluding carboxylic acids is 1. The molecule has 1 aliphatic rings. The van der Waals surface area contributed by atoms with E-state index in [-0.39, 0.29) is 12.0 Å². The molecule has 0 amide bonds. The van der Waals surface area contributed by atoms with Crippen LogP contribution >= 0.6 is 0 Å². The Balaban J connectivity index is 2.20. The quantitative estimate of drug-likeness (QED) is 0.595. The highest BCUT2D eigenvalue weighted by atomic mass is 16.5. The van der Waals surface area contributed by atoms with Gasteiger partial charge < -0.3 is 4.74 Å². The molecule has 1 fully saturated rings. The number of carbonyl (C=O) groups is 1. The van der Waals surface area contributed by atoms with Gasteiger partial charge in [0.15, 0.2) is 0 Å². The SMILES string of the molecule is CCCOC(=O)C1CCCC[N]1. The molecule has 0 aromatic rings. The minimum Gasteiger partial charge on any atom is -0.464 e. The van der Waals surface area contributed by atoms with Gasteiger partial charge in [0.25, 0.3) is 0 Å². The van der Waals surface area contributed by atoms with E-state index in [9.17, 15) is 4.79 Å². The lowest BCUT2D eigenvalue weighted by Crippen LogP contribution is -2.36. The largest absolute Gasteiger partial charge is 0.464 e. The Labute approximate surface area is 73.5 Å². The molecule has 3 heteroatoms. The van der Waals surface area contributed by atoms with Gasteiger partial charge in [0.1, 0.15) is 6.04 Å². The van der Waals surface area contributed by atoms with Crippen molar-refractivity contribution in [3.05, 3.63) is 0 Å². The number of ether oxygens (including phenoxy) is 1. The summed E-state index contributed by atoms with van der Waals surface area (Å²) in [6.45, 7) is 3.35. The van der Waals surface area contributed by atoms with Crippen molar-refractivity contribution in [3.8, 4) is 0 Å². The molecule has 1 heterocycles. The molecule has 69 valence electrons. The molecular weight excluding hydrogens is 154 g/mol. The average Bonchev–Trinajstić information content (AvgIpc) is 2.15. The van der Waals surface area contributed by atoms with Gasteiger partial charge >= 0.3 is 5.97 Å². The minimum absolute atomic E-state index is 0.128. The smallest absolute Gasteiger partial charge is 0.324 e. The summed E-state index contributed by atoms with van der Waals surface area (Å²) in [5.74, 6) is -0.128. The van der Waals surface area contributed by atoms with E-state index in [1.807, 2.05) is 6.92 Å². The topological polar surface area (TPSA) is 40.4 Å². The summed E-state index contributed by atoms with van der Waals surface area (Å²) in [5, 5.41) is 4.21. The first-order valence-corrected chi connectivity index (χ1v) is 4.68. The number of piperidine rings is 1. The number of nitrogens with zero attached hydrogens (tertiary/aromatic N) is 1. The van der Waals surface area contributed by atoms with Crippen molar-refractivity contribution in [2.45, 2.75) is 38.6 Å². The summed E-state index contributed by atoms with van der Waals surface area (Å²) >= 11 is 0. The first-order chi connectivity index (χ1) is 5.84. The standard InChI is InChI=1S/C9H16NO2/c1-2-7-12-9(11)8-5-3-4-6-10-8/h8H,2-7H2,1H3. The van der Waals surface area contributed by atoms with Gasteiger partial charge in [-0.15, -0.1) is 0 Å². The fourth-order valence-electron chi connectivity index (χ4n) is 1.28. The lowest BCUT2D eigenvalue weighted by molar-refractivity contribution is -0.146. The van der Waals surface area contributed by atoms with Gasteiger partial charge in [0, 0.05) is 6.54 Å². The first kappa shape index (κ1) is 9.52. The third kappa shape index (κ3) is 2.81. The molecule has 1 saturated heterocycles. The Hall–Kier alpha value is -0.570. The molecule has 0 spiro atoms. The average molecular weight is 170 g/mol. The van der Waals surface area contributed by atoms with Crippen LogP contribution < -0.4 is 5.32 Å². The molecule has 1 rings (SSSR count). The monoisotopic (exact) mass is 170 g/mol. The Bertz CT molecular complexity index is 141. The number of esters is 1. The second-order valence-electron chi connectivity index (χ2n) is 3.09. The van der Waals surface area contributed by atoms with Crippen LogP contribution in [0.2, 0.25) is 0 Å². The molecule has 0 aromatic heterocycles. The van der Waals surface area contributed by atoms with Crippen LogP contribution in [0.1, 0.15) is 32.6 Å². The van der Waals surface area contributed by atoms with Gasteiger partial charge in [0.2, 0.25) is 0 Å². The Morgan fingerprint density at radius 1 is 1.58 bits per heavy atom. The molecule has 0 N–H and O–H groups in total. The maximum atomic E-state index is 11.2. The fourth-order valence-corrected chi connectivity index (χ4v) is 1.28. The highest BCUT2D eigenvalue weighted by Gasteiger charge is 2.22. The van der Waals surface area contributed by atoms with Crippen LogP contribution in [-0.2, 0) is 9.53 Å². The molecule has 1 aliphatic heterocycles. The van der Waals surface area contributed by atoms with Crippen molar-refractivity contribution in [2.24, 2.45) is 0 Å². The normalized spacial score (nSPS) is 23.6. The third-order valence-corrected chi connectivity index (χ3v) is 1.96. The summed E-state index contributed by atoms with van der Waals surface area (Å²) in [6, 6.07) is -0.162. The van der Waals surface area contributed by atoms with E-state index in [0.29, 0.717) is 6.61 Å². The van der Waals surface area contributed by atoms with E-state index in [2.05, 4.69) is 5.32 Å². The van der Waals surface area contributed by atoms with E-state index in [1.165, 1.54) is 0 Å². The second-order valence-corrected chi connectivity index (χ2v) is 3.09. The highest BCUT2D eigenvalue weighted by molar-refractivity contribution is 5.75. The molecule has 3 nitrogen and oxygen atoms in total. The van der Waals surface area contributed by atoms with Crippen molar-refractivity contribution in [1.82, 2.24) is 5.32 Å². The fraction of sp³-hybridized carbons (Fsp3) is 0.889. The number of hydrogen-bond acceptors (Lipinski definition) is 2. The van der Waals surface area contributed by atoms with Crippen LogP contribution in [0.5, 0.6) is 0 Å². The van der Waals surface area contributed by atoms with Gasteiger partial charge in [-0.2, -0.15) is 0 Å². The van der Waals surface area contributed by atoms with Crippen molar-refractivity contribution in [1.29, 1.82) is 0 Å². The second kappa shape index (κ2) is 5.14. The molecule has 1 radical (unpaired) electrons. The first-order valence-electron chi connectivity index (χ1n) is 4.68. The number of hydrogen-bond donors (Lipinski definition) is 0. The van der Waals surface area contributed by atoms with E-state index in [1.54, 1.807) is 0 Å². The molecule has 12 heavy (non-hydrogen) atoms. The van der Waals surface area contributed by atoms with E-state index in [0.717, 1.165) is 32.2 Å².